The molecule has 100 valence electrons. The summed E-state index contributed by atoms with van der Waals surface area (Å²) >= 11 is 0. The van der Waals surface area contributed by atoms with Crippen molar-refractivity contribution in [2.24, 2.45) is 5.92 Å². The number of carbonyl (C=O) groups is 1. The van der Waals surface area contributed by atoms with Crippen LogP contribution in [0.2, 0.25) is 0 Å². The molecule has 0 aliphatic rings. The summed E-state index contributed by atoms with van der Waals surface area (Å²) in [4.78, 5) is 11.9. The van der Waals surface area contributed by atoms with E-state index < -0.39 is 0 Å². The summed E-state index contributed by atoms with van der Waals surface area (Å²) in [5, 5.41) is 6.10. The number of aryl methyl sites for hydroxylation is 1. The van der Waals surface area contributed by atoms with Gasteiger partial charge in [-0.2, -0.15) is 0 Å². The van der Waals surface area contributed by atoms with E-state index in [0.717, 1.165) is 23.5 Å². The quantitative estimate of drug-likeness (QED) is 0.813. The molecule has 0 aliphatic heterocycles. The van der Waals surface area contributed by atoms with Gasteiger partial charge in [0, 0.05) is 18.2 Å². The number of methoxy groups -OCH3 is 1. The molecule has 0 fully saturated rings. The number of hydrogen-bond acceptors (Lipinski definition) is 3. The molecular formula is C14H22N2O2. The summed E-state index contributed by atoms with van der Waals surface area (Å²) in [6.45, 7) is 7.46. The van der Waals surface area contributed by atoms with Gasteiger partial charge in [0.15, 0.2) is 0 Å². The van der Waals surface area contributed by atoms with Crippen LogP contribution in [-0.4, -0.2) is 26.1 Å². The fraction of sp³-hybridized carbons (Fsp3) is 0.500. The van der Waals surface area contributed by atoms with Gasteiger partial charge in [-0.25, -0.2) is 0 Å². The molecule has 0 radical (unpaired) electrons. The summed E-state index contributed by atoms with van der Waals surface area (Å²) in [6.07, 6.45) is 0. The van der Waals surface area contributed by atoms with Crippen molar-refractivity contribution in [1.82, 2.24) is 5.32 Å². The summed E-state index contributed by atoms with van der Waals surface area (Å²) in [7, 11) is 1.63. The third-order valence-electron chi connectivity index (χ3n) is 2.84. The van der Waals surface area contributed by atoms with E-state index in [1.54, 1.807) is 7.11 Å². The summed E-state index contributed by atoms with van der Waals surface area (Å²) in [6, 6.07) is 5.62. The van der Waals surface area contributed by atoms with E-state index in [2.05, 4.69) is 10.6 Å². The number of rotatable bonds is 6. The number of benzene rings is 1. The topological polar surface area (TPSA) is 50.4 Å². The number of nitrogens with one attached hydrogen (secondary N) is 2. The number of anilines is 1. The molecule has 0 aromatic heterocycles. The van der Waals surface area contributed by atoms with E-state index in [1.807, 2.05) is 39.0 Å². The third kappa shape index (κ3) is 4.04. The molecule has 2 N–H and O–H groups in total. The molecule has 1 amide bonds. The minimum Gasteiger partial charge on any atom is -0.497 e. The van der Waals surface area contributed by atoms with E-state index in [1.165, 1.54) is 0 Å². The van der Waals surface area contributed by atoms with Gasteiger partial charge in [0.2, 0.25) is 5.91 Å². The SMILES string of the molecule is CCNCC(C)C(=O)Nc1ccc(OC)cc1C. The number of amides is 1. The first kappa shape index (κ1) is 14.5. The zero-order valence-corrected chi connectivity index (χ0v) is 11.5. The Morgan fingerprint density at radius 3 is 2.72 bits per heavy atom. The Morgan fingerprint density at radius 1 is 1.44 bits per heavy atom. The van der Waals surface area contributed by atoms with Crippen LogP contribution in [0.4, 0.5) is 5.69 Å². The molecule has 1 unspecified atom stereocenters. The zero-order chi connectivity index (χ0) is 13.5. The van der Waals surface area contributed by atoms with Crippen molar-refractivity contribution < 1.29 is 9.53 Å². The molecule has 1 atom stereocenters. The second-order valence-corrected chi connectivity index (χ2v) is 4.38. The smallest absolute Gasteiger partial charge is 0.228 e. The second-order valence-electron chi connectivity index (χ2n) is 4.38. The first-order valence-electron chi connectivity index (χ1n) is 6.24. The van der Waals surface area contributed by atoms with E-state index in [0.29, 0.717) is 6.54 Å². The molecule has 0 saturated carbocycles. The van der Waals surface area contributed by atoms with Crippen molar-refractivity contribution >= 4 is 11.6 Å². The van der Waals surface area contributed by atoms with Gasteiger partial charge in [-0.1, -0.05) is 13.8 Å². The molecule has 0 bridgehead atoms. The number of ether oxygens (including phenoxy) is 1. The third-order valence-corrected chi connectivity index (χ3v) is 2.84. The van der Waals surface area contributed by atoms with Crippen LogP contribution in [0.5, 0.6) is 5.75 Å². The Hall–Kier alpha value is -1.55. The molecule has 0 aliphatic carbocycles. The Morgan fingerprint density at radius 2 is 2.17 bits per heavy atom. The molecule has 0 heterocycles. The fourth-order valence-electron chi connectivity index (χ4n) is 1.61. The van der Waals surface area contributed by atoms with Crippen LogP contribution in [0.25, 0.3) is 0 Å². The highest BCUT2D eigenvalue weighted by Gasteiger charge is 2.13. The van der Waals surface area contributed by atoms with Crippen LogP contribution in [-0.2, 0) is 4.79 Å². The molecule has 4 heteroatoms. The van der Waals surface area contributed by atoms with Crippen molar-refractivity contribution in [3.8, 4) is 5.75 Å². The van der Waals surface area contributed by atoms with Gasteiger partial charge < -0.3 is 15.4 Å². The minimum atomic E-state index is -0.0496. The van der Waals surface area contributed by atoms with Gasteiger partial charge in [0.25, 0.3) is 0 Å². The molecule has 1 aromatic carbocycles. The van der Waals surface area contributed by atoms with Crippen LogP contribution < -0.4 is 15.4 Å². The molecule has 1 aromatic rings. The lowest BCUT2D eigenvalue weighted by molar-refractivity contribution is -0.119. The lowest BCUT2D eigenvalue weighted by Crippen LogP contribution is -2.30. The van der Waals surface area contributed by atoms with E-state index in [-0.39, 0.29) is 11.8 Å². The van der Waals surface area contributed by atoms with Gasteiger partial charge in [0.1, 0.15) is 5.75 Å². The molecule has 4 nitrogen and oxygen atoms in total. The average molecular weight is 250 g/mol. The highest BCUT2D eigenvalue weighted by molar-refractivity contribution is 5.93. The standard InChI is InChI=1S/C14H22N2O2/c1-5-15-9-11(3)14(17)16-13-7-6-12(18-4)8-10(13)2/h6-8,11,15H,5,9H2,1-4H3,(H,16,17). The van der Waals surface area contributed by atoms with Crippen molar-refractivity contribution in [3.63, 3.8) is 0 Å². The van der Waals surface area contributed by atoms with Gasteiger partial charge in [0.05, 0.1) is 7.11 Å². The lowest BCUT2D eigenvalue weighted by Gasteiger charge is -2.14. The predicted octanol–water partition coefficient (Wildman–Crippen LogP) is 2.19. The van der Waals surface area contributed by atoms with Gasteiger partial charge in [-0.15, -0.1) is 0 Å². The average Bonchev–Trinajstić information content (AvgIpc) is 2.38. The normalized spacial score (nSPS) is 12.0. The highest BCUT2D eigenvalue weighted by atomic mass is 16.5. The number of hydrogen-bond donors (Lipinski definition) is 2. The van der Waals surface area contributed by atoms with Gasteiger partial charge in [-0.05, 0) is 37.2 Å². The Kier molecular flexibility index (Phi) is 5.65. The second kappa shape index (κ2) is 7.01. The summed E-state index contributed by atoms with van der Waals surface area (Å²) < 4.78 is 5.13. The Bertz CT molecular complexity index is 405. The Balaban J connectivity index is 2.64. The summed E-state index contributed by atoms with van der Waals surface area (Å²) in [5.74, 6) is 0.780. The zero-order valence-electron chi connectivity index (χ0n) is 11.5. The highest BCUT2D eigenvalue weighted by Crippen LogP contribution is 2.21. The molecule has 1 rings (SSSR count). The maximum atomic E-state index is 11.9. The van der Waals surface area contributed by atoms with E-state index in [4.69, 9.17) is 4.74 Å². The largest absolute Gasteiger partial charge is 0.497 e. The molecule has 0 saturated heterocycles. The maximum Gasteiger partial charge on any atom is 0.228 e. The molecule has 18 heavy (non-hydrogen) atoms. The van der Waals surface area contributed by atoms with Crippen molar-refractivity contribution in [2.45, 2.75) is 20.8 Å². The Labute approximate surface area is 109 Å². The number of carbonyl (C=O) groups excluding carboxylic acids is 1. The first-order valence-corrected chi connectivity index (χ1v) is 6.24. The summed E-state index contributed by atoms with van der Waals surface area (Å²) in [5.41, 5.74) is 1.84. The van der Waals surface area contributed by atoms with Crippen LogP contribution >= 0.6 is 0 Å². The van der Waals surface area contributed by atoms with Crippen LogP contribution in [0.1, 0.15) is 19.4 Å². The van der Waals surface area contributed by atoms with Crippen molar-refractivity contribution in [2.75, 3.05) is 25.5 Å². The van der Waals surface area contributed by atoms with Crippen molar-refractivity contribution in [1.29, 1.82) is 0 Å². The maximum absolute atomic E-state index is 11.9. The van der Waals surface area contributed by atoms with E-state index in [9.17, 15) is 4.79 Å². The fourth-order valence-corrected chi connectivity index (χ4v) is 1.61. The minimum absolute atomic E-state index is 0.0317. The first-order chi connectivity index (χ1) is 8.58. The van der Waals surface area contributed by atoms with Gasteiger partial charge in [-0.3, -0.25) is 4.79 Å². The van der Waals surface area contributed by atoms with Crippen molar-refractivity contribution in [3.05, 3.63) is 23.8 Å². The van der Waals surface area contributed by atoms with E-state index >= 15 is 0 Å². The predicted molar refractivity (Wildman–Crippen MR) is 74.1 cm³/mol. The molecular weight excluding hydrogens is 228 g/mol. The van der Waals surface area contributed by atoms with Gasteiger partial charge >= 0.3 is 0 Å². The van der Waals surface area contributed by atoms with Crippen LogP contribution in [0.3, 0.4) is 0 Å². The van der Waals surface area contributed by atoms with Crippen LogP contribution in [0.15, 0.2) is 18.2 Å². The molecule has 0 spiro atoms. The lowest BCUT2D eigenvalue weighted by atomic mass is 10.1. The van der Waals surface area contributed by atoms with Crippen LogP contribution in [0, 0.1) is 12.8 Å². The monoisotopic (exact) mass is 250 g/mol.